The van der Waals surface area contributed by atoms with Gasteiger partial charge in [-0.1, -0.05) is 25.0 Å². The Bertz CT molecular complexity index is 855. The van der Waals surface area contributed by atoms with Gasteiger partial charge in [0.2, 0.25) is 0 Å². The van der Waals surface area contributed by atoms with Crippen molar-refractivity contribution in [3.63, 3.8) is 0 Å². The monoisotopic (exact) mass is 365 g/mol. The minimum absolute atomic E-state index is 0.0715. The summed E-state index contributed by atoms with van der Waals surface area (Å²) in [5, 5.41) is 2.75. The third-order valence-corrected chi connectivity index (χ3v) is 4.67. The van der Waals surface area contributed by atoms with E-state index in [9.17, 15) is 14.4 Å². The number of ketones is 1. The highest BCUT2D eigenvalue weighted by molar-refractivity contribution is 6.06. The van der Waals surface area contributed by atoms with Crippen molar-refractivity contribution in [1.29, 1.82) is 0 Å². The van der Waals surface area contributed by atoms with Crippen LogP contribution in [0.25, 0.3) is 0 Å². The van der Waals surface area contributed by atoms with Crippen LogP contribution >= 0.6 is 0 Å². The van der Waals surface area contributed by atoms with Crippen LogP contribution in [0.4, 0.5) is 5.69 Å². The van der Waals surface area contributed by atoms with Gasteiger partial charge in [0.15, 0.2) is 5.78 Å². The summed E-state index contributed by atoms with van der Waals surface area (Å²) in [6.07, 6.45) is 7.23. The second-order valence-electron chi connectivity index (χ2n) is 6.76. The fourth-order valence-electron chi connectivity index (χ4n) is 3.16. The van der Waals surface area contributed by atoms with Gasteiger partial charge >= 0.3 is 0 Å². The van der Waals surface area contributed by atoms with E-state index in [4.69, 9.17) is 0 Å². The Labute approximate surface area is 158 Å². The second kappa shape index (κ2) is 8.58. The highest BCUT2D eigenvalue weighted by atomic mass is 16.2. The zero-order valence-electron chi connectivity index (χ0n) is 15.4. The van der Waals surface area contributed by atoms with Crippen molar-refractivity contribution in [3.8, 4) is 0 Å². The molecule has 0 spiro atoms. The molecule has 1 N–H and O–H groups in total. The second-order valence-corrected chi connectivity index (χ2v) is 6.76. The van der Waals surface area contributed by atoms with Crippen molar-refractivity contribution in [2.75, 3.05) is 18.4 Å². The van der Waals surface area contributed by atoms with Crippen LogP contribution in [-0.4, -0.2) is 40.6 Å². The molecule has 1 saturated heterocycles. The van der Waals surface area contributed by atoms with Crippen molar-refractivity contribution in [2.24, 2.45) is 0 Å². The summed E-state index contributed by atoms with van der Waals surface area (Å²) in [5.74, 6) is -0.524. The van der Waals surface area contributed by atoms with Crippen LogP contribution < -0.4 is 5.32 Å². The van der Waals surface area contributed by atoms with E-state index in [0.29, 0.717) is 22.4 Å². The Balaban J connectivity index is 1.74. The van der Waals surface area contributed by atoms with E-state index in [1.807, 2.05) is 4.90 Å². The first-order valence-corrected chi connectivity index (χ1v) is 9.21. The van der Waals surface area contributed by atoms with E-state index >= 15 is 0 Å². The maximum atomic E-state index is 12.7. The average Bonchev–Trinajstić information content (AvgIpc) is 2.97. The maximum absolute atomic E-state index is 12.7. The summed E-state index contributed by atoms with van der Waals surface area (Å²) in [4.78, 5) is 42.7. The number of nitrogens with one attached hydrogen (secondary N) is 1. The molecule has 2 heterocycles. The van der Waals surface area contributed by atoms with Gasteiger partial charge < -0.3 is 10.2 Å². The number of amides is 2. The molecule has 27 heavy (non-hydrogen) atoms. The molecule has 0 bridgehead atoms. The van der Waals surface area contributed by atoms with Gasteiger partial charge in [0.1, 0.15) is 0 Å². The predicted octanol–water partition coefficient (Wildman–Crippen LogP) is 3.55. The van der Waals surface area contributed by atoms with Gasteiger partial charge in [0.05, 0.1) is 11.1 Å². The summed E-state index contributed by atoms with van der Waals surface area (Å²) in [7, 11) is 0. The molecule has 3 rings (SSSR count). The molecule has 1 aromatic heterocycles. The number of hydrogen-bond donors (Lipinski definition) is 1. The lowest BCUT2D eigenvalue weighted by molar-refractivity contribution is 0.0761. The molecule has 140 valence electrons. The molecule has 0 atom stereocenters. The van der Waals surface area contributed by atoms with Crippen molar-refractivity contribution >= 4 is 23.3 Å². The zero-order valence-corrected chi connectivity index (χ0v) is 15.4. The third-order valence-electron chi connectivity index (χ3n) is 4.67. The van der Waals surface area contributed by atoms with Crippen molar-refractivity contribution in [3.05, 3.63) is 59.4 Å². The molecule has 0 unspecified atom stereocenters. The van der Waals surface area contributed by atoms with Gasteiger partial charge in [-0.05, 0) is 38.0 Å². The minimum Gasteiger partial charge on any atom is -0.339 e. The molecule has 1 aromatic carbocycles. The minimum atomic E-state index is -0.367. The SMILES string of the molecule is CC(=O)c1cccc(NC(=O)c2cncc(C(=O)N3CCCCCC3)c2)c1. The van der Waals surface area contributed by atoms with E-state index in [1.54, 1.807) is 30.3 Å². The molecule has 6 nitrogen and oxygen atoms in total. The predicted molar refractivity (Wildman–Crippen MR) is 103 cm³/mol. The lowest BCUT2D eigenvalue weighted by Gasteiger charge is -2.20. The summed E-state index contributed by atoms with van der Waals surface area (Å²) < 4.78 is 0. The average molecular weight is 365 g/mol. The molecule has 6 heteroatoms. The zero-order chi connectivity index (χ0) is 19.2. The summed E-state index contributed by atoms with van der Waals surface area (Å²) in [5.41, 5.74) is 1.78. The Hall–Kier alpha value is -3.02. The normalized spacial score (nSPS) is 14.3. The van der Waals surface area contributed by atoms with E-state index in [2.05, 4.69) is 10.3 Å². The number of hydrogen-bond acceptors (Lipinski definition) is 4. The molecule has 0 radical (unpaired) electrons. The Morgan fingerprint density at radius 3 is 2.33 bits per heavy atom. The van der Waals surface area contributed by atoms with Crippen LogP contribution in [0.5, 0.6) is 0 Å². The fraction of sp³-hybridized carbons (Fsp3) is 0.333. The first-order chi connectivity index (χ1) is 13.0. The molecule has 2 amide bonds. The maximum Gasteiger partial charge on any atom is 0.257 e. The molecule has 0 saturated carbocycles. The molecule has 2 aromatic rings. The number of pyridine rings is 1. The van der Waals surface area contributed by atoms with E-state index in [0.717, 1.165) is 38.8 Å². The van der Waals surface area contributed by atoms with Gasteiger partial charge in [0, 0.05) is 36.7 Å². The van der Waals surface area contributed by atoms with Gasteiger partial charge in [0.25, 0.3) is 11.8 Å². The summed E-state index contributed by atoms with van der Waals surface area (Å²) in [6, 6.07) is 8.32. The standard InChI is InChI=1S/C21H23N3O3/c1-15(25)16-7-6-8-19(12-16)23-20(26)17-11-18(14-22-13-17)21(27)24-9-4-2-3-5-10-24/h6-8,11-14H,2-5,9-10H2,1H3,(H,23,26). The Morgan fingerprint density at radius 2 is 1.63 bits per heavy atom. The van der Waals surface area contributed by atoms with Crippen molar-refractivity contribution in [1.82, 2.24) is 9.88 Å². The third kappa shape index (κ3) is 4.78. The van der Waals surface area contributed by atoms with Crippen molar-refractivity contribution < 1.29 is 14.4 Å². The first kappa shape index (κ1) is 18.8. The highest BCUT2D eigenvalue weighted by Gasteiger charge is 2.19. The number of Topliss-reactive ketones (excluding diaryl/α,β-unsaturated/α-hetero) is 1. The Morgan fingerprint density at radius 1 is 0.926 bits per heavy atom. The van der Waals surface area contributed by atoms with Crippen LogP contribution in [-0.2, 0) is 0 Å². The number of rotatable bonds is 4. The number of carbonyl (C=O) groups is 3. The van der Waals surface area contributed by atoms with Gasteiger partial charge in [-0.15, -0.1) is 0 Å². The molecular weight excluding hydrogens is 342 g/mol. The smallest absolute Gasteiger partial charge is 0.257 e. The van der Waals surface area contributed by atoms with Crippen LogP contribution in [0.3, 0.4) is 0 Å². The van der Waals surface area contributed by atoms with Crippen LogP contribution in [0.2, 0.25) is 0 Å². The number of carbonyl (C=O) groups excluding carboxylic acids is 3. The Kier molecular flexibility index (Phi) is 5.96. The molecule has 1 fully saturated rings. The lowest BCUT2D eigenvalue weighted by Crippen LogP contribution is -2.32. The van der Waals surface area contributed by atoms with Gasteiger partial charge in [-0.3, -0.25) is 19.4 Å². The number of benzene rings is 1. The lowest BCUT2D eigenvalue weighted by atomic mass is 10.1. The molecular formula is C21H23N3O3. The quantitative estimate of drug-likeness (QED) is 0.840. The van der Waals surface area contributed by atoms with E-state index < -0.39 is 0 Å². The topological polar surface area (TPSA) is 79.4 Å². The van der Waals surface area contributed by atoms with Crippen molar-refractivity contribution in [2.45, 2.75) is 32.6 Å². The number of likely N-dealkylation sites (tertiary alicyclic amines) is 1. The van der Waals surface area contributed by atoms with E-state index in [-0.39, 0.29) is 17.6 Å². The molecule has 1 aliphatic heterocycles. The largest absolute Gasteiger partial charge is 0.339 e. The fourth-order valence-corrected chi connectivity index (χ4v) is 3.16. The first-order valence-electron chi connectivity index (χ1n) is 9.21. The number of anilines is 1. The number of nitrogens with zero attached hydrogens (tertiary/aromatic N) is 2. The number of aromatic nitrogens is 1. The van der Waals surface area contributed by atoms with Gasteiger partial charge in [-0.25, -0.2) is 0 Å². The summed E-state index contributed by atoms with van der Waals surface area (Å²) in [6.45, 7) is 2.96. The molecule has 0 aliphatic carbocycles. The van der Waals surface area contributed by atoms with E-state index in [1.165, 1.54) is 19.3 Å². The van der Waals surface area contributed by atoms with Crippen LogP contribution in [0.15, 0.2) is 42.7 Å². The highest BCUT2D eigenvalue weighted by Crippen LogP contribution is 2.16. The van der Waals surface area contributed by atoms with Gasteiger partial charge in [-0.2, -0.15) is 0 Å². The van der Waals surface area contributed by atoms with Crippen LogP contribution in [0, 0.1) is 0 Å². The summed E-state index contributed by atoms with van der Waals surface area (Å²) >= 11 is 0. The van der Waals surface area contributed by atoms with Crippen LogP contribution in [0.1, 0.15) is 63.7 Å². The molecule has 1 aliphatic rings.